The average molecular weight is 308 g/mol. The van der Waals surface area contributed by atoms with E-state index in [1.807, 2.05) is 30.3 Å². The van der Waals surface area contributed by atoms with Gasteiger partial charge in [0.15, 0.2) is 5.65 Å². The van der Waals surface area contributed by atoms with Crippen molar-refractivity contribution in [1.29, 1.82) is 0 Å². The Kier molecular flexibility index (Phi) is 3.22. The largest absolute Gasteiger partial charge is 0.352 e. The van der Waals surface area contributed by atoms with Crippen LogP contribution in [-0.4, -0.2) is 27.0 Å². The number of carbonyl (C=O) groups excluding carboxylic acids is 1. The number of nitrogens with one attached hydrogen (secondary N) is 2. The summed E-state index contributed by atoms with van der Waals surface area (Å²) in [5.74, 6) is 0.396. The van der Waals surface area contributed by atoms with E-state index < -0.39 is 0 Å². The second kappa shape index (κ2) is 5.39. The van der Waals surface area contributed by atoms with Gasteiger partial charge in [-0.3, -0.25) is 14.7 Å². The third-order valence-electron chi connectivity index (χ3n) is 4.06. The Morgan fingerprint density at radius 1 is 1.30 bits per heavy atom. The maximum Gasteiger partial charge on any atom is 0.273 e. The van der Waals surface area contributed by atoms with Gasteiger partial charge in [-0.25, -0.2) is 9.50 Å². The molecule has 3 aromatic rings. The first-order chi connectivity index (χ1) is 11.2. The molecule has 2 N–H and O–H groups in total. The minimum atomic E-state index is -0.241. The van der Waals surface area contributed by atoms with Gasteiger partial charge in [-0.2, -0.15) is 0 Å². The van der Waals surface area contributed by atoms with E-state index in [-0.39, 0.29) is 11.5 Å². The molecule has 23 heavy (non-hydrogen) atoms. The van der Waals surface area contributed by atoms with E-state index >= 15 is 0 Å². The lowest BCUT2D eigenvalue weighted by atomic mass is 10.1. The molecule has 0 spiro atoms. The van der Waals surface area contributed by atoms with Crippen LogP contribution in [0.5, 0.6) is 0 Å². The Morgan fingerprint density at radius 3 is 2.83 bits per heavy atom. The van der Waals surface area contributed by atoms with E-state index in [1.165, 1.54) is 29.6 Å². The lowest BCUT2D eigenvalue weighted by molar-refractivity contribution is 0.0953. The summed E-state index contributed by atoms with van der Waals surface area (Å²) in [7, 11) is 0. The first-order valence-corrected chi connectivity index (χ1v) is 7.67. The number of amides is 1. The summed E-state index contributed by atoms with van der Waals surface area (Å²) < 4.78 is 1.29. The molecule has 0 unspecified atom stereocenters. The van der Waals surface area contributed by atoms with Gasteiger partial charge in [-0.15, -0.1) is 0 Å². The third kappa shape index (κ3) is 2.63. The van der Waals surface area contributed by atoms with Gasteiger partial charge in [0.25, 0.3) is 11.5 Å². The standard InChI is InChI=1S/C17H16N4O2/c22-15-8-14(12-4-2-1-3-5-12)20-16-13(10-19-21(15)16)17(23)18-9-11-6-7-11/h1-5,8,10-11,19H,6-7,9H2,(H,18,23). The number of hydrogen-bond acceptors (Lipinski definition) is 3. The molecule has 4 rings (SSSR count). The number of fused-ring (bicyclic) bond motifs is 1. The van der Waals surface area contributed by atoms with Crippen LogP contribution in [0.2, 0.25) is 0 Å². The summed E-state index contributed by atoms with van der Waals surface area (Å²) in [5, 5.41) is 5.70. The van der Waals surface area contributed by atoms with Crippen LogP contribution in [0.4, 0.5) is 0 Å². The van der Waals surface area contributed by atoms with Gasteiger partial charge in [-0.1, -0.05) is 30.3 Å². The van der Waals surface area contributed by atoms with Crippen molar-refractivity contribution in [2.24, 2.45) is 5.92 Å². The van der Waals surface area contributed by atoms with E-state index in [4.69, 9.17) is 0 Å². The van der Waals surface area contributed by atoms with Crippen molar-refractivity contribution in [1.82, 2.24) is 19.9 Å². The van der Waals surface area contributed by atoms with Crippen LogP contribution in [0.25, 0.3) is 16.9 Å². The molecule has 1 aromatic carbocycles. The predicted molar refractivity (Wildman–Crippen MR) is 86.3 cm³/mol. The number of H-pyrrole nitrogens is 1. The first-order valence-electron chi connectivity index (χ1n) is 7.67. The zero-order chi connectivity index (χ0) is 15.8. The van der Waals surface area contributed by atoms with Crippen molar-refractivity contribution in [3.8, 4) is 11.3 Å². The van der Waals surface area contributed by atoms with Crippen molar-refractivity contribution in [3.63, 3.8) is 0 Å². The average Bonchev–Trinajstić information content (AvgIpc) is 3.30. The van der Waals surface area contributed by atoms with E-state index in [9.17, 15) is 9.59 Å². The van der Waals surface area contributed by atoms with Gasteiger partial charge >= 0.3 is 0 Å². The van der Waals surface area contributed by atoms with Crippen LogP contribution in [0.3, 0.4) is 0 Å². The number of aromatic amines is 1. The summed E-state index contributed by atoms with van der Waals surface area (Å²) in [5.41, 5.74) is 1.91. The second-order valence-electron chi connectivity index (χ2n) is 5.85. The summed E-state index contributed by atoms with van der Waals surface area (Å²) >= 11 is 0. The topological polar surface area (TPSA) is 79.3 Å². The minimum absolute atomic E-state index is 0.201. The van der Waals surface area contributed by atoms with E-state index in [0.717, 1.165) is 5.56 Å². The van der Waals surface area contributed by atoms with E-state index in [1.54, 1.807) is 0 Å². The quantitative estimate of drug-likeness (QED) is 0.771. The van der Waals surface area contributed by atoms with Gasteiger partial charge in [0, 0.05) is 24.4 Å². The fourth-order valence-corrected chi connectivity index (χ4v) is 2.56. The molecule has 1 saturated carbocycles. The van der Waals surface area contributed by atoms with Crippen molar-refractivity contribution < 1.29 is 4.79 Å². The molecule has 1 aliphatic rings. The lowest BCUT2D eigenvalue weighted by Crippen LogP contribution is -2.26. The molecular weight excluding hydrogens is 292 g/mol. The fourth-order valence-electron chi connectivity index (χ4n) is 2.56. The van der Waals surface area contributed by atoms with Crippen molar-refractivity contribution in [3.05, 3.63) is 58.5 Å². The molecule has 2 heterocycles. The molecule has 0 atom stereocenters. The number of hydrogen-bond donors (Lipinski definition) is 2. The Labute approximate surface area is 132 Å². The van der Waals surface area contributed by atoms with E-state index in [2.05, 4.69) is 15.4 Å². The zero-order valence-electron chi connectivity index (χ0n) is 12.5. The Bertz CT molecular complexity index is 923. The molecule has 2 aromatic heterocycles. The molecule has 116 valence electrons. The van der Waals surface area contributed by atoms with Crippen LogP contribution >= 0.6 is 0 Å². The Morgan fingerprint density at radius 2 is 2.09 bits per heavy atom. The molecule has 0 radical (unpaired) electrons. The van der Waals surface area contributed by atoms with Crippen molar-refractivity contribution in [2.75, 3.05) is 6.54 Å². The normalized spacial score (nSPS) is 14.1. The van der Waals surface area contributed by atoms with E-state index in [0.29, 0.717) is 29.4 Å². The van der Waals surface area contributed by atoms with Crippen LogP contribution in [-0.2, 0) is 0 Å². The molecule has 0 bridgehead atoms. The molecule has 6 nitrogen and oxygen atoms in total. The maximum absolute atomic E-state index is 12.3. The number of aromatic nitrogens is 3. The molecule has 0 saturated heterocycles. The van der Waals surface area contributed by atoms with Gasteiger partial charge in [0.1, 0.15) is 5.56 Å². The molecular formula is C17H16N4O2. The number of carbonyl (C=O) groups is 1. The van der Waals surface area contributed by atoms with Crippen molar-refractivity contribution >= 4 is 11.6 Å². The highest BCUT2D eigenvalue weighted by Gasteiger charge is 2.23. The number of nitrogens with zero attached hydrogens (tertiary/aromatic N) is 2. The maximum atomic E-state index is 12.3. The van der Waals surface area contributed by atoms with Gasteiger partial charge in [-0.05, 0) is 18.8 Å². The summed E-state index contributed by atoms with van der Waals surface area (Å²) in [6.45, 7) is 0.679. The molecule has 1 aliphatic carbocycles. The number of rotatable bonds is 4. The minimum Gasteiger partial charge on any atom is -0.352 e. The van der Waals surface area contributed by atoms with Crippen molar-refractivity contribution in [2.45, 2.75) is 12.8 Å². The monoisotopic (exact) mass is 308 g/mol. The van der Waals surface area contributed by atoms with Gasteiger partial charge < -0.3 is 5.32 Å². The summed E-state index contributed by atoms with van der Waals surface area (Å²) in [6, 6.07) is 10.9. The smallest absolute Gasteiger partial charge is 0.273 e. The summed E-state index contributed by atoms with van der Waals surface area (Å²) in [4.78, 5) is 29.1. The Hall–Kier alpha value is -2.89. The van der Waals surface area contributed by atoms with Crippen LogP contribution in [0.1, 0.15) is 23.2 Å². The zero-order valence-corrected chi connectivity index (χ0v) is 12.5. The highest BCUT2D eigenvalue weighted by molar-refractivity contribution is 5.99. The summed E-state index contributed by atoms with van der Waals surface area (Å²) in [6.07, 6.45) is 3.87. The molecule has 6 heteroatoms. The molecule has 1 fully saturated rings. The second-order valence-corrected chi connectivity index (χ2v) is 5.85. The van der Waals surface area contributed by atoms with Crippen LogP contribution in [0, 0.1) is 5.92 Å². The first kappa shape index (κ1) is 13.8. The third-order valence-corrected chi connectivity index (χ3v) is 4.06. The van der Waals surface area contributed by atoms with Crippen LogP contribution < -0.4 is 10.9 Å². The van der Waals surface area contributed by atoms with Crippen LogP contribution in [0.15, 0.2) is 47.4 Å². The fraction of sp³-hybridized carbons (Fsp3) is 0.235. The lowest BCUT2D eigenvalue weighted by Gasteiger charge is -2.04. The highest BCUT2D eigenvalue weighted by atomic mass is 16.2. The number of benzene rings is 1. The predicted octanol–water partition coefficient (Wildman–Crippen LogP) is 1.83. The van der Waals surface area contributed by atoms with Gasteiger partial charge in [0.05, 0.1) is 5.69 Å². The Balaban J connectivity index is 1.75. The highest BCUT2D eigenvalue weighted by Crippen LogP contribution is 2.27. The molecule has 0 aliphatic heterocycles. The van der Waals surface area contributed by atoms with Gasteiger partial charge in [0.2, 0.25) is 0 Å². The molecule has 1 amide bonds. The SMILES string of the molecule is O=C(NCC1CC1)c1c[nH]n2c(=O)cc(-c3ccccc3)nc12.